The Morgan fingerprint density at radius 1 is 1.24 bits per heavy atom. The first-order valence-electron chi connectivity index (χ1n) is 7.38. The minimum atomic E-state index is -0.499. The number of hydrogen-bond donors (Lipinski definition) is 2. The number of rotatable bonds is 8. The Bertz CT molecular complexity index is 509. The van der Waals surface area contributed by atoms with Crippen LogP contribution in [0.5, 0.6) is 0 Å². The lowest BCUT2D eigenvalue weighted by Gasteiger charge is -2.13. The van der Waals surface area contributed by atoms with Gasteiger partial charge in [0.1, 0.15) is 0 Å². The van der Waals surface area contributed by atoms with Gasteiger partial charge in [0, 0.05) is 19.5 Å². The van der Waals surface area contributed by atoms with E-state index >= 15 is 0 Å². The average Bonchev–Trinajstić information content (AvgIpc) is 2.97. The first-order valence-corrected chi connectivity index (χ1v) is 7.38. The highest BCUT2D eigenvalue weighted by Crippen LogP contribution is 2.15. The molecule has 1 heterocycles. The van der Waals surface area contributed by atoms with Crippen LogP contribution in [0.1, 0.15) is 37.0 Å². The molecule has 1 unspecified atom stereocenters. The van der Waals surface area contributed by atoms with Crippen molar-refractivity contribution in [3.05, 3.63) is 47.6 Å². The molecule has 0 saturated heterocycles. The summed E-state index contributed by atoms with van der Waals surface area (Å²) in [7, 11) is 0. The quantitative estimate of drug-likeness (QED) is 0.728. The fourth-order valence-corrected chi connectivity index (χ4v) is 2.21. The number of nitrogens with one attached hydrogen (secondary N) is 1. The summed E-state index contributed by atoms with van der Waals surface area (Å²) in [6.07, 6.45) is 2.63. The van der Waals surface area contributed by atoms with Crippen molar-refractivity contribution in [2.24, 2.45) is 5.92 Å². The molecule has 0 spiro atoms. The zero-order chi connectivity index (χ0) is 15.1. The van der Waals surface area contributed by atoms with Gasteiger partial charge in [0.2, 0.25) is 5.89 Å². The van der Waals surface area contributed by atoms with E-state index in [0.29, 0.717) is 31.3 Å². The molecule has 2 N–H and O–H groups in total. The molecule has 0 aliphatic heterocycles. The Balaban J connectivity index is 1.73. The lowest BCUT2D eigenvalue weighted by atomic mass is 10.0. The standard InChI is InChI=1S/C16H23N3O2/c1-12(2)9-13-3-5-14(6-4-13)15(20)10-17-8-7-16-18-11-19-21-16/h3-6,11-12,15,17,20H,7-10H2,1-2H3. The van der Waals surface area contributed by atoms with Crippen LogP contribution in [0.2, 0.25) is 0 Å². The second kappa shape index (κ2) is 7.90. The van der Waals surface area contributed by atoms with Gasteiger partial charge in [0.25, 0.3) is 0 Å². The van der Waals surface area contributed by atoms with Crippen molar-refractivity contribution < 1.29 is 9.63 Å². The zero-order valence-corrected chi connectivity index (χ0v) is 12.6. The Labute approximate surface area is 125 Å². The van der Waals surface area contributed by atoms with E-state index in [1.165, 1.54) is 11.9 Å². The van der Waals surface area contributed by atoms with E-state index in [1.807, 2.05) is 12.1 Å². The SMILES string of the molecule is CC(C)Cc1ccc(C(O)CNCCc2ncno2)cc1. The van der Waals surface area contributed by atoms with E-state index in [2.05, 4.69) is 41.4 Å². The van der Waals surface area contributed by atoms with Crippen LogP contribution in [0.25, 0.3) is 0 Å². The van der Waals surface area contributed by atoms with Gasteiger partial charge in [0.05, 0.1) is 6.10 Å². The van der Waals surface area contributed by atoms with Crippen molar-refractivity contribution in [3.8, 4) is 0 Å². The monoisotopic (exact) mass is 289 g/mol. The molecule has 0 saturated carbocycles. The third-order valence-electron chi connectivity index (χ3n) is 3.27. The van der Waals surface area contributed by atoms with Crippen LogP contribution in [-0.2, 0) is 12.8 Å². The minimum Gasteiger partial charge on any atom is -0.387 e. The summed E-state index contributed by atoms with van der Waals surface area (Å²) in [4.78, 5) is 3.94. The molecule has 0 aliphatic carbocycles. The van der Waals surface area contributed by atoms with Gasteiger partial charge >= 0.3 is 0 Å². The number of nitrogens with zero attached hydrogens (tertiary/aromatic N) is 2. The summed E-state index contributed by atoms with van der Waals surface area (Å²) in [6.45, 7) is 5.62. The maximum atomic E-state index is 10.1. The summed E-state index contributed by atoms with van der Waals surface area (Å²) in [5.74, 6) is 1.25. The topological polar surface area (TPSA) is 71.2 Å². The first kappa shape index (κ1) is 15.7. The number of benzene rings is 1. The van der Waals surface area contributed by atoms with E-state index < -0.39 is 6.10 Å². The van der Waals surface area contributed by atoms with Gasteiger partial charge in [-0.05, 0) is 23.5 Å². The number of aliphatic hydroxyl groups is 1. The largest absolute Gasteiger partial charge is 0.387 e. The van der Waals surface area contributed by atoms with Crippen LogP contribution in [0, 0.1) is 5.92 Å². The first-order chi connectivity index (χ1) is 10.1. The Hall–Kier alpha value is -1.72. The lowest BCUT2D eigenvalue weighted by molar-refractivity contribution is 0.174. The molecule has 1 aromatic heterocycles. The van der Waals surface area contributed by atoms with Crippen LogP contribution < -0.4 is 5.32 Å². The highest BCUT2D eigenvalue weighted by atomic mass is 16.5. The maximum absolute atomic E-state index is 10.1. The minimum absolute atomic E-state index is 0.499. The third kappa shape index (κ3) is 5.28. The predicted octanol–water partition coefficient (Wildman–Crippen LogP) is 2.13. The molecule has 0 amide bonds. The normalized spacial score (nSPS) is 12.8. The van der Waals surface area contributed by atoms with Crippen LogP contribution in [0.15, 0.2) is 35.1 Å². The Morgan fingerprint density at radius 3 is 2.62 bits per heavy atom. The number of aliphatic hydroxyl groups excluding tert-OH is 1. The van der Waals surface area contributed by atoms with Crippen LogP contribution in [0.4, 0.5) is 0 Å². The molecule has 5 heteroatoms. The van der Waals surface area contributed by atoms with Crippen LogP contribution >= 0.6 is 0 Å². The van der Waals surface area contributed by atoms with E-state index in [9.17, 15) is 5.11 Å². The molecule has 2 aromatic rings. The summed E-state index contributed by atoms with van der Waals surface area (Å²) in [5.41, 5.74) is 2.25. The molecular weight excluding hydrogens is 266 g/mol. The van der Waals surface area contributed by atoms with Gasteiger partial charge in [-0.2, -0.15) is 4.98 Å². The molecule has 5 nitrogen and oxygen atoms in total. The summed E-state index contributed by atoms with van der Waals surface area (Å²) < 4.78 is 4.91. The molecule has 114 valence electrons. The Morgan fingerprint density at radius 2 is 2.00 bits per heavy atom. The van der Waals surface area contributed by atoms with E-state index in [1.54, 1.807) is 0 Å². The molecule has 21 heavy (non-hydrogen) atoms. The zero-order valence-electron chi connectivity index (χ0n) is 12.6. The molecule has 0 radical (unpaired) electrons. The van der Waals surface area contributed by atoms with Crippen molar-refractivity contribution in [3.63, 3.8) is 0 Å². The molecular formula is C16H23N3O2. The molecule has 0 aliphatic rings. The molecule has 2 rings (SSSR count). The fraction of sp³-hybridized carbons (Fsp3) is 0.500. The lowest BCUT2D eigenvalue weighted by Crippen LogP contribution is -2.23. The van der Waals surface area contributed by atoms with Crippen molar-refractivity contribution in [1.82, 2.24) is 15.5 Å². The second-order valence-electron chi connectivity index (χ2n) is 5.64. The van der Waals surface area contributed by atoms with Crippen molar-refractivity contribution in [2.45, 2.75) is 32.8 Å². The van der Waals surface area contributed by atoms with Crippen molar-refractivity contribution in [1.29, 1.82) is 0 Å². The van der Waals surface area contributed by atoms with Gasteiger partial charge in [-0.3, -0.25) is 0 Å². The highest BCUT2D eigenvalue weighted by Gasteiger charge is 2.08. The maximum Gasteiger partial charge on any atom is 0.227 e. The third-order valence-corrected chi connectivity index (χ3v) is 3.27. The molecule has 0 fully saturated rings. The highest BCUT2D eigenvalue weighted by molar-refractivity contribution is 5.24. The fourth-order valence-electron chi connectivity index (χ4n) is 2.21. The average molecular weight is 289 g/mol. The van der Waals surface area contributed by atoms with Gasteiger partial charge < -0.3 is 14.9 Å². The summed E-state index contributed by atoms with van der Waals surface area (Å²) in [6, 6.07) is 8.19. The van der Waals surface area contributed by atoms with Gasteiger partial charge in [-0.1, -0.05) is 43.3 Å². The predicted molar refractivity (Wildman–Crippen MR) is 80.8 cm³/mol. The van der Waals surface area contributed by atoms with Gasteiger partial charge in [0.15, 0.2) is 6.33 Å². The van der Waals surface area contributed by atoms with E-state index in [-0.39, 0.29) is 0 Å². The molecule has 0 bridgehead atoms. The summed E-state index contributed by atoms with van der Waals surface area (Å²) >= 11 is 0. The Kier molecular flexibility index (Phi) is 5.90. The van der Waals surface area contributed by atoms with Crippen LogP contribution in [-0.4, -0.2) is 28.3 Å². The van der Waals surface area contributed by atoms with Gasteiger partial charge in [-0.25, -0.2) is 0 Å². The number of aromatic nitrogens is 2. The van der Waals surface area contributed by atoms with E-state index in [4.69, 9.17) is 4.52 Å². The van der Waals surface area contributed by atoms with Gasteiger partial charge in [-0.15, -0.1) is 0 Å². The summed E-state index contributed by atoms with van der Waals surface area (Å²) in [5, 5.41) is 16.9. The van der Waals surface area contributed by atoms with E-state index in [0.717, 1.165) is 12.0 Å². The van der Waals surface area contributed by atoms with Crippen molar-refractivity contribution in [2.75, 3.05) is 13.1 Å². The smallest absolute Gasteiger partial charge is 0.227 e. The molecule has 1 aromatic carbocycles. The second-order valence-corrected chi connectivity index (χ2v) is 5.64. The number of hydrogen-bond acceptors (Lipinski definition) is 5. The van der Waals surface area contributed by atoms with Crippen molar-refractivity contribution >= 4 is 0 Å². The molecule has 1 atom stereocenters. The van der Waals surface area contributed by atoms with Crippen LogP contribution in [0.3, 0.4) is 0 Å².